The number of nitrogens with one attached hydrogen (secondary N) is 1. The molecule has 0 aliphatic carbocycles. The van der Waals surface area contributed by atoms with Crippen LogP contribution >= 0.6 is 11.6 Å². The molecule has 0 aliphatic rings. The van der Waals surface area contributed by atoms with Crippen molar-refractivity contribution in [2.45, 2.75) is 33.7 Å². The van der Waals surface area contributed by atoms with Crippen LogP contribution in [0.5, 0.6) is 0 Å². The second-order valence-corrected chi connectivity index (χ2v) is 9.19. The van der Waals surface area contributed by atoms with Crippen LogP contribution in [-0.4, -0.2) is 27.1 Å². The summed E-state index contributed by atoms with van der Waals surface area (Å²) >= 11 is 5.96. The van der Waals surface area contributed by atoms with Crippen LogP contribution in [0.15, 0.2) is 36.4 Å². The van der Waals surface area contributed by atoms with Gasteiger partial charge in [-0.2, -0.15) is 0 Å². The molecule has 146 valence electrons. The van der Waals surface area contributed by atoms with E-state index < -0.39 is 10.0 Å². The SMILES string of the molecule is Cc1ccc(C)c(C(C)NC(=O)CN(c2ccc(Cl)cc2C)S(C)(=O)=O)c1. The Morgan fingerprint density at radius 2 is 1.78 bits per heavy atom. The topological polar surface area (TPSA) is 66.5 Å². The minimum atomic E-state index is -3.63. The molecule has 0 bridgehead atoms. The van der Waals surface area contributed by atoms with Gasteiger partial charge in [-0.3, -0.25) is 9.10 Å². The molecule has 7 heteroatoms. The van der Waals surface area contributed by atoms with Crippen LogP contribution in [0.1, 0.15) is 35.2 Å². The minimum Gasteiger partial charge on any atom is -0.348 e. The fourth-order valence-corrected chi connectivity index (χ4v) is 4.14. The quantitative estimate of drug-likeness (QED) is 0.787. The molecule has 0 saturated carbocycles. The van der Waals surface area contributed by atoms with E-state index in [1.54, 1.807) is 25.1 Å². The zero-order chi connectivity index (χ0) is 20.4. The molecule has 0 fully saturated rings. The van der Waals surface area contributed by atoms with Crippen molar-refractivity contribution in [3.8, 4) is 0 Å². The third-order valence-corrected chi connectivity index (χ3v) is 5.76. The van der Waals surface area contributed by atoms with Gasteiger partial charge in [0.2, 0.25) is 15.9 Å². The molecule has 5 nitrogen and oxygen atoms in total. The highest BCUT2D eigenvalue weighted by Gasteiger charge is 2.23. The Morgan fingerprint density at radius 3 is 2.37 bits per heavy atom. The van der Waals surface area contributed by atoms with E-state index in [9.17, 15) is 13.2 Å². The highest BCUT2D eigenvalue weighted by molar-refractivity contribution is 7.92. The summed E-state index contributed by atoms with van der Waals surface area (Å²) in [6.45, 7) is 7.33. The van der Waals surface area contributed by atoms with E-state index in [-0.39, 0.29) is 18.5 Å². The zero-order valence-corrected chi connectivity index (χ0v) is 17.8. The van der Waals surface area contributed by atoms with Gasteiger partial charge >= 0.3 is 0 Å². The summed E-state index contributed by atoms with van der Waals surface area (Å²) in [6.07, 6.45) is 1.09. The van der Waals surface area contributed by atoms with E-state index in [2.05, 4.69) is 5.32 Å². The highest BCUT2D eigenvalue weighted by atomic mass is 35.5. The van der Waals surface area contributed by atoms with Crippen LogP contribution in [-0.2, 0) is 14.8 Å². The Balaban J connectivity index is 2.23. The van der Waals surface area contributed by atoms with Gasteiger partial charge in [-0.05, 0) is 62.6 Å². The number of rotatable bonds is 6. The van der Waals surface area contributed by atoms with Crippen molar-refractivity contribution in [1.29, 1.82) is 0 Å². The molecule has 0 saturated heterocycles. The first kappa shape index (κ1) is 21.3. The summed E-state index contributed by atoms with van der Waals surface area (Å²) < 4.78 is 25.6. The molecule has 1 amide bonds. The van der Waals surface area contributed by atoms with Crippen molar-refractivity contribution < 1.29 is 13.2 Å². The maximum atomic E-state index is 12.6. The Bertz CT molecular complexity index is 958. The van der Waals surface area contributed by atoms with Gasteiger partial charge in [-0.25, -0.2) is 8.42 Å². The predicted molar refractivity (Wildman–Crippen MR) is 111 cm³/mol. The van der Waals surface area contributed by atoms with Crippen molar-refractivity contribution in [1.82, 2.24) is 5.32 Å². The minimum absolute atomic E-state index is 0.231. The number of hydrogen-bond acceptors (Lipinski definition) is 3. The fraction of sp³-hybridized carbons (Fsp3) is 0.350. The van der Waals surface area contributed by atoms with Crippen molar-refractivity contribution in [3.63, 3.8) is 0 Å². The van der Waals surface area contributed by atoms with E-state index in [1.807, 2.05) is 39.0 Å². The average Bonchev–Trinajstić information content (AvgIpc) is 2.54. The number of aryl methyl sites for hydroxylation is 3. The molecular weight excluding hydrogens is 384 g/mol. The van der Waals surface area contributed by atoms with E-state index in [0.29, 0.717) is 16.3 Å². The Labute approximate surface area is 166 Å². The van der Waals surface area contributed by atoms with E-state index in [1.165, 1.54) is 0 Å². The van der Waals surface area contributed by atoms with E-state index in [4.69, 9.17) is 11.6 Å². The monoisotopic (exact) mass is 408 g/mol. The largest absolute Gasteiger partial charge is 0.348 e. The summed E-state index contributed by atoms with van der Waals surface area (Å²) in [6, 6.07) is 10.7. The van der Waals surface area contributed by atoms with Gasteiger partial charge in [-0.15, -0.1) is 0 Å². The Kier molecular flexibility index (Phi) is 6.54. The number of halogens is 1. The van der Waals surface area contributed by atoms with Crippen molar-refractivity contribution >= 4 is 33.2 Å². The molecule has 27 heavy (non-hydrogen) atoms. The van der Waals surface area contributed by atoms with Crippen LogP contribution in [0.4, 0.5) is 5.69 Å². The molecule has 0 heterocycles. The van der Waals surface area contributed by atoms with Gasteiger partial charge in [0.1, 0.15) is 6.54 Å². The van der Waals surface area contributed by atoms with E-state index >= 15 is 0 Å². The lowest BCUT2D eigenvalue weighted by molar-refractivity contribution is -0.120. The van der Waals surface area contributed by atoms with Crippen LogP contribution < -0.4 is 9.62 Å². The molecule has 2 aromatic carbocycles. The van der Waals surface area contributed by atoms with Gasteiger partial charge in [0.25, 0.3) is 0 Å². The van der Waals surface area contributed by atoms with Crippen LogP contribution in [0.2, 0.25) is 5.02 Å². The van der Waals surface area contributed by atoms with Crippen molar-refractivity contribution in [2.75, 3.05) is 17.1 Å². The molecule has 0 aromatic heterocycles. The van der Waals surface area contributed by atoms with Crippen molar-refractivity contribution in [3.05, 3.63) is 63.7 Å². The maximum absolute atomic E-state index is 12.6. The molecule has 1 unspecified atom stereocenters. The molecule has 1 atom stereocenters. The number of amides is 1. The number of hydrogen-bond donors (Lipinski definition) is 1. The summed E-state index contributed by atoms with van der Waals surface area (Å²) in [4.78, 5) is 12.6. The second kappa shape index (κ2) is 8.31. The Morgan fingerprint density at radius 1 is 1.11 bits per heavy atom. The average molecular weight is 409 g/mol. The first-order valence-electron chi connectivity index (χ1n) is 8.59. The number of carbonyl (C=O) groups is 1. The standard InChI is InChI=1S/C20H25ClN2O3S/c1-13-6-7-14(2)18(10-13)16(4)22-20(24)12-23(27(5,25)26)19-9-8-17(21)11-15(19)3/h6-11,16H,12H2,1-5H3,(H,22,24). The summed E-state index contributed by atoms with van der Waals surface area (Å²) in [5, 5.41) is 3.41. The molecule has 2 rings (SSSR count). The first-order valence-corrected chi connectivity index (χ1v) is 10.8. The molecule has 0 radical (unpaired) electrons. The van der Waals surface area contributed by atoms with Crippen LogP contribution in [0.3, 0.4) is 0 Å². The lowest BCUT2D eigenvalue weighted by Crippen LogP contribution is -2.41. The number of nitrogens with zero attached hydrogens (tertiary/aromatic N) is 1. The Hall–Kier alpha value is -2.05. The molecule has 2 aromatic rings. The summed E-state index contributed by atoms with van der Waals surface area (Å²) in [7, 11) is -3.63. The van der Waals surface area contributed by atoms with E-state index in [0.717, 1.165) is 27.3 Å². The third-order valence-electron chi connectivity index (χ3n) is 4.39. The summed E-state index contributed by atoms with van der Waals surface area (Å²) in [5.41, 5.74) is 4.31. The lowest BCUT2D eigenvalue weighted by Gasteiger charge is -2.25. The highest BCUT2D eigenvalue weighted by Crippen LogP contribution is 2.25. The van der Waals surface area contributed by atoms with Crippen LogP contribution in [0.25, 0.3) is 0 Å². The lowest BCUT2D eigenvalue weighted by atomic mass is 10.00. The van der Waals surface area contributed by atoms with Gasteiger partial charge in [-0.1, -0.05) is 35.4 Å². The molecule has 0 aliphatic heterocycles. The second-order valence-electron chi connectivity index (χ2n) is 6.85. The normalized spacial score (nSPS) is 12.5. The maximum Gasteiger partial charge on any atom is 0.241 e. The fourth-order valence-electron chi connectivity index (χ4n) is 3.00. The third kappa shape index (κ3) is 5.47. The molecular formula is C20H25ClN2O3S. The van der Waals surface area contributed by atoms with Crippen LogP contribution in [0, 0.1) is 20.8 Å². The molecule has 0 spiro atoms. The number of benzene rings is 2. The smallest absolute Gasteiger partial charge is 0.241 e. The predicted octanol–water partition coefficient (Wildman–Crippen LogP) is 3.91. The zero-order valence-electron chi connectivity index (χ0n) is 16.2. The summed E-state index contributed by atoms with van der Waals surface area (Å²) in [5.74, 6) is -0.372. The molecule has 1 N–H and O–H groups in total. The van der Waals surface area contributed by atoms with Gasteiger partial charge in [0, 0.05) is 5.02 Å². The van der Waals surface area contributed by atoms with Gasteiger partial charge in [0.05, 0.1) is 18.0 Å². The van der Waals surface area contributed by atoms with Gasteiger partial charge < -0.3 is 5.32 Å². The van der Waals surface area contributed by atoms with Crippen molar-refractivity contribution in [2.24, 2.45) is 0 Å². The van der Waals surface area contributed by atoms with Gasteiger partial charge in [0.15, 0.2) is 0 Å². The first-order chi connectivity index (χ1) is 12.5. The number of anilines is 1. The number of sulfonamides is 1. The number of carbonyl (C=O) groups excluding carboxylic acids is 1.